The monoisotopic (exact) mass is 429 g/mol. The highest BCUT2D eigenvalue weighted by Gasteiger charge is 2.20. The number of hydrogen-bond donors (Lipinski definition) is 4. The molecule has 1 unspecified atom stereocenters. The summed E-state index contributed by atoms with van der Waals surface area (Å²) in [6.07, 6.45) is 2.35. The van der Waals surface area contributed by atoms with E-state index in [1.807, 2.05) is 18.2 Å². The van der Waals surface area contributed by atoms with Gasteiger partial charge in [-0.15, -0.1) is 0 Å². The van der Waals surface area contributed by atoms with Crippen molar-refractivity contribution in [2.45, 2.75) is 44.8 Å². The Bertz CT molecular complexity index is 884. The number of esters is 1. The van der Waals surface area contributed by atoms with Gasteiger partial charge in [0.1, 0.15) is 11.5 Å². The van der Waals surface area contributed by atoms with Gasteiger partial charge in [-0.2, -0.15) is 0 Å². The summed E-state index contributed by atoms with van der Waals surface area (Å²) in [5.41, 5.74) is 3.78. The van der Waals surface area contributed by atoms with Gasteiger partial charge in [-0.05, 0) is 79.1 Å². The highest BCUT2D eigenvalue weighted by Crippen LogP contribution is 2.27. The lowest BCUT2D eigenvalue weighted by Gasteiger charge is -2.27. The van der Waals surface area contributed by atoms with Crippen molar-refractivity contribution in [3.05, 3.63) is 58.7 Å². The lowest BCUT2D eigenvalue weighted by molar-refractivity contribution is -0.145. The number of aliphatic hydroxyl groups is 2. The molecule has 0 saturated carbocycles. The second-order valence-electron chi connectivity index (χ2n) is 7.75. The topological polar surface area (TPSA) is 108 Å². The molecule has 0 radical (unpaired) electrons. The molecule has 4 N–H and O–H groups in total. The molecule has 0 saturated heterocycles. The highest BCUT2D eigenvalue weighted by atomic mass is 16.6. The third-order valence-electron chi connectivity index (χ3n) is 5.54. The quantitative estimate of drug-likeness (QED) is 0.428. The standard InChI is InChI=1S/C24H31NO6/c1-2-30-24(29)15-31-21-7-4-16-3-6-20(12-19(16)13-21)25-14-23(28)17-5-8-22(27)18(11-17)9-10-26/h4-5,7-8,11,13,20,23,25-28H,2-3,6,9-10,12,14-15H2,1H3/t20-,23?/m0/s1. The number of aromatic hydroxyl groups is 1. The number of carbonyl (C=O) groups is 1. The van der Waals surface area contributed by atoms with E-state index >= 15 is 0 Å². The van der Waals surface area contributed by atoms with Crippen LogP contribution in [0.4, 0.5) is 0 Å². The van der Waals surface area contributed by atoms with E-state index in [-0.39, 0.29) is 31.0 Å². The molecule has 2 aromatic carbocycles. The van der Waals surface area contributed by atoms with Gasteiger partial charge in [0.15, 0.2) is 6.61 Å². The van der Waals surface area contributed by atoms with E-state index in [4.69, 9.17) is 14.6 Å². The zero-order valence-electron chi connectivity index (χ0n) is 17.8. The van der Waals surface area contributed by atoms with Crippen molar-refractivity contribution in [3.63, 3.8) is 0 Å². The third-order valence-corrected chi connectivity index (χ3v) is 5.54. The number of fused-ring (bicyclic) bond motifs is 1. The predicted octanol–water partition coefficient (Wildman–Crippen LogP) is 2.05. The Kier molecular flexibility index (Phi) is 8.28. The van der Waals surface area contributed by atoms with Gasteiger partial charge in [0, 0.05) is 19.2 Å². The Morgan fingerprint density at radius 1 is 1.23 bits per heavy atom. The summed E-state index contributed by atoms with van der Waals surface area (Å²) < 4.78 is 10.4. The van der Waals surface area contributed by atoms with Gasteiger partial charge in [-0.1, -0.05) is 12.1 Å². The van der Waals surface area contributed by atoms with Gasteiger partial charge in [0.25, 0.3) is 0 Å². The summed E-state index contributed by atoms with van der Waals surface area (Å²) >= 11 is 0. The van der Waals surface area contributed by atoms with Gasteiger partial charge < -0.3 is 30.1 Å². The Hall–Kier alpha value is -2.61. The van der Waals surface area contributed by atoms with E-state index in [1.54, 1.807) is 25.1 Å². The number of nitrogens with one attached hydrogen (secondary N) is 1. The summed E-state index contributed by atoms with van der Waals surface area (Å²) in [7, 11) is 0. The Morgan fingerprint density at radius 2 is 2.06 bits per heavy atom. The van der Waals surface area contributed by atoms with Gasteiger partial charge in [0.05, 0.1) is 12.7 Å². The first-order valence-corrected chi connectivity index (χ1v) is 10.7. The SMILES string of the molecule is CCOC(=O)COc1ccc2c(c1)C[C@@H](NCC(O)c1ccc(O)c(CCO)c1)CC2. The van der Waals surface area contributed by atoms with Crippen LogP contribution in [-0.4, -0.2) is 53.7 Å². The van der Waals surface area contributed by atoms with Crippen molar-refractivity contribution < 1.29 is 29.6 Å². The molecule has 2 aromatic rings. The average Bonchev–Trinajstić information content (AvgIpc) is 2.77. The summed E-state index contributed by atoms with van der Waals surface area (Å²) in [5, 5.41) is 33.0. The smallest absolute Gasteiger partial charge is 0.344 e. The molecule has 0 amide bonds. The van der Waals surface area contributed by atoms with E-state index in [9.17, 15) is 15.0 Å². The van der Waals surface area contributed by atoms with Crippen LogP contribution in [0.15, 0.2) is 36.4 Å². The second-order valence-corrected chi connectivity index (χ2v) is 7.75. The number of phenolic OH excluding ortho intramolecular Hbond substituents is 1. The number of aliphatic hydroxyl groups excluding tert-OH is 2. The largest absolute Gasteiger partial charge is 0.508 e. The molecule has 1 aliphatic carbocycles. The first-order valence-electron chi connectivity index (χ1n) is 10.7. The van der Waals surface area contributed by atoms with Crippen molar-refractivity contribution in [1.29, 1.82) is 0 Å². The zero-order valence-corrected chi connectivity index (χ0v) is 17.8. The highest BCUT2D eigenvalue weighted by molar-refractivity contribution is 5.71. The molecule has 1 aliphatic rings. The van der Waals surface area contributed by atoms with Crippen molar-refractivity contribution in [2.75, 3.05) is 26.4 Å². The van der Waals surface area contributed by atoms with Crippen LogP contribution in [0.25, 0.3) is 0 Å². The number of benzene rings is 2. The van der Waals surface area contributed by atoms with E-state index in [0.29, 0.717) is 36.4 Å². The number of phenols is 1. The van der Waals surface area contributed by atoms with E-state index in [2.05, 4.69) is 5.32 Å². The molecule has 0 fully saturated rings. The van der Waals surface area contributed by atoms with Gasteiger partial charge in [-0.25, -0.2) is 4.79 Å². The van der Waals surface area contributed by atoms with Crippen molar-refractivity contribution in [2.24, 2.45) is 0 Å². The molecule has 3 rings (SSSR count). The van der Waals surface area contributed by atoms with E-state index in [0.717, 1.165) is 19.3 Å². The average molecular weight is 430 g/mol. The van der Waals surface area contributed by atoms with Gasteiger partial charge in [0.2, 0.25) is 0 Å². The third kappa shape index (κ3) is 6.43. The molecule has 0 aliphatic heterocycles. The number of hydrogen-bond acceptors (Lipinski definition) is 7. The molecule has 7 heteroatoms. The number of ether oxygens (including phenoxy) is 2. The van der Waals surface area contributed by atoms with Crippen LogP contribution < -0.4 is 10.1 Å². The Morgan fingerprint density at radius 3 is 2.84 bits per heavy atom. The van der Waals surface area contributed by atoms with Crippen molar-refractivity contribution in [3.8, 4) is 11.5 Å². The van der Waals surface area contributed by atoms with Crippen LogP contribution in [0.3, 0.4) is 0 Å². The van der Waals surface area contributed by atoms with Crippen molar-refractivity contribution >= 4 is 5.97 Å². The first-order chi connectivity index (χ1) is 15.0. The van der Waals surface area contributed by atoms with Crippen LogP contribution in [0.1, 0.15) is 41.7 Å². The minimum Gasteiger partial charge on any atom is -0.508 e. The second kappa shape index (κ2) is 11.1. The Balaban J connectivity index is 1.55. The normalized spacial score (nSPS) is 16.4. The fourth-order valence-electron chi connectivity index (χ4n) is 3.87. The minimum atomic E-state index is -0.710. The van der Waals surface area contributed by atoms with Gasteiger partial charge >= 0.3 is 5.97 Å². The van der Waals surface area contributed by atoms with Gasteiger partial charge in [-0.3, -0.25) is 0 Å². The molecule has 0 spiro atoms. The summed E-state index contributed by atoms with van der Waals surface area (Å²) in [6, 6.07) is 11.1. The maximum atomic E-state index is 11.5. The molecule has 7 nitrogen and oxygen atoms in total. The summed E-state index contributed by atoms with van der Waals surface area (Å²) in [6.45, 7) is 2.32. The number of rotatable bonds is 10. The van der Waals surface area contributed by atoms with E-state index < -0.39 is 6.10 Å². The molecule has 0 bridgehead atoms. The Labute approximate surface area is 182 Å². The van der Waals surface area contributed by atoms with Crippen LogP contribution in [0.5, 0.6) is 11.5 Å². The van der Waals surface area contributed by atoms with E-state index in [1.165, 1.54) is 11.1 Å². The fraction of sp³-hybridized carbons (Fsp3) is 0.458. The summed E-state index contributed by atoms with van der Waals surface area (Å²) in [4.78, 5) is 11.5. The molecule has 0 aromatic heterocycles. The number of aryl methyl sites for hydroxylation is 1. The van der Waals surface area contributed by atoms with Crippen LogP contribution >= 0.6 is 0 Å². The molecular formula is C24H31NO6. The molecule has 0 heterocycles. The van der Waals surface area contributed by atoms with Crippen molar-refractivity contribution in [1.82, 2.24) is 5.32 Å². The maximum absolute atomic E-state index is 11.5. The zero-order chi connectivity index (χ0) is 22.2. The molecule has 31 heavy (non-hydrogen) atoms. The lowest BCUT2D eigenvalue weighted by Crippen LogP contribution is -2.37. The van der Waals surface area contributed by atoms with Crippen LogP contribution in [-0.2, 0) is 28.8 Å². The van der Waals surface area contributed by atoms with Crippen LogP contribution in [0, 0.1) is 0 Å². The first kappa shape index (κ1) is 23.1. The van der Waals surface area contributed by atoms with Crippen LogP contribution in [0.2, 0.25) is 0 Å². The minimum absolute atomic E-state index is 0.0572. The fourth-order valence-corrected chi connectivity index (χ4v) is 3.87. The molecule has 2 atom stereocenters. The predicted molar refractivity (Wildman–Crippen MR) is 116 cm³/mol. The summed E-state index contributed by atoms with van der Waals surface area (Å²) in [5.74, 6) is 0.390. The number of carbonyl (C=O) groups excluding carboxylic acids is 1. The molecule has 168 valence electrons. The lowest BCUT2D eigenvalue weighted by atomic mass is 9.88. The maximum Gasteiger partial charge on any atom is 0.344 e. The molecular weight excluding hydrogens is 398 g/mol.